The van der Waals surface area contributed by atoms with Crippen LogP contribution in [-0.4, -0.2) is 0 Å². The van der Waals surface area contributed by atoms with E-state index in [1.54, 1.807) is 0 Å². The number of unbranched alkanes of at least 4 members (excludes halogenated alkanes) is 1. The van der Waals surface area contributed by atoms with Crippen molar-refractivity contribution in [3.8, 4) is 11.1 Å². The summed E-state index contributed by atoms with van der Waals surface area (Å²) in [5, 5.41) is 0. The van der Waals surface area contributed by atoms with Gasteiger partial charge >= 0.3 is 0 Å². The number of hydrogen-bond donors (Lipinski definition) is 0. The van der Waals surface area contributed by atoms with E-state index in [-0.39, 0.29) is 0 Å². The van der Waals surface area contributed by atoms with Gasteiger partial charge in [-0.2, -0.15) is 0 Å². The van der Waals surface area contributed by atoms with Crippen molar-refractivity contribution in [2.24, 2.45) is 0 Å². The normalized spacial score (nSPS) is 10.9. The van der Waals surface area contributed by atoms with Gasteiger partial charge in [-0.25, -0.2) is 0 Å². The van der Waals surface area contributed by atoms with Gasteiger partial charge in [0.05, 0.1) is 0 Å². The van der Waals surface area contributed by atoms with E-state index in [2.05, 4.69) is 67.6 Å². The van der Waals surface area contributed by atoms with Crippen LogP contribution in [0.15, 0.2) is 60.7 Å². The summed E-state index contributed by atoms with van der Waals surface area (Å²) in [4.78, 5) is 0. The third-order valence-electron chi connectivity index (χ3n) is 2.78. The summed E-state index contributed by atoms with van der Waals surface area (Å²) in [6, 6.07) is 19.2. The van der Waals surface area contributed by atoms with Crippen LogP contribution in [-0.2, 0) is 0 Å². The maximum Gasteiger partial charge on any atom is -0.0184 e. The van der Waals surface area contributed by atoms with Crippen LogP contribution in [0.3, 0.4) is 0 Å². The molecule has 0 bridgehead atoms. The molecule has 2 aromatic carbocycles. The van der Waals surface area contributed by atoms with Gasteiger partial charge in [0.15, 0.2) is 0 Å². The van der Waals surface area contributed by atoms with E-state index < -0.39 is 0 Å². The second-order valence-corrected chi connectivity index (χ2v) is 4.18. The van der Waals surface area contributed by atoms with Crippen molar-refractivity contribution in [1.29, 1.82) is 0 Å². The molecule has 0 aromatic heterocycles. The largest absolute Gasteiger partial charge is 0.0840 e. The third kappa shape index (κ3) is 3.32. The highest BCUT2D eigenvalue weighted by Crippen LogP contribution is 2.19. The molecule has 2 aromatic rings. The minimum absolute atomic E-state index is 1.15. The molecule has 0 saturated heterocycles. The summed E-state index contributed by atoms with van der Waals surface area (Å²) in [5.74, 6) is 0. The topological polar surface area (TPSA) is 0 Å². The molecular weight excluding hydrogens is 204 g/mol. The highest BCUT2D eigenvalue weighted by atomic mass is 14.0. The molecule has 0 heteroatoms. The first-order valence-corrected chi connectivity index (χ1v) is 6.22. The Kier molecular flexibility index (Phi) is 4.15. The predicted molar refractivity (Wildman–Crippen MR) is 75.8 cm³/mol. The zero-order valence-corrected chi connectivity index (χ0v) is 10.3. The highest BCUT2D eigenvalue weighted by Gasteiger charge is 1.95. The van der Waals surface area contributed by atoms with Gasteiger partial charge in [-0.3, -0.25) is 0 Å². The smallest absolute Gasteiger partial charge is 0.0184 e. The lowest BCUT2D eigenvalue weighted by molar-refractivity contribution is 0.962. The Morgan fingerprint density at radius 3 is 2.12 bits per heavy atom. The van der Waals surface area contributed by atoms with E-state index in [4.69, 9.17) is 0 Å². The fourth-order valence-electron chi connectivity index (χ4n) is 1.80. The minimum Gasteiger partial charge on any atom is -0.0840 e. The molecule has 86 valence electrons. The molecule has 0 atom stereocenters. The van der Waals surface area contributed by atoms with Gasteiger partial charge in [0.25, 0.3) is 0 Å². The lowest BCUT2D eigenvalue weighted by Gasteiger charge is -2.01. The van der Waals surface area contributed by atoms with Crippen molar-refractivity contribution in [2.75, 3.05) is 0 Å². The molecule has 0 aliphatic carbocycles. The van der Waals surface area contributed by atoms with E-state index in [1.807, 2.05) is 6.07 Å². The van der Waals surface area contributed by atoms with Gasteiger partial charge in [0, 0.05) is 0 Å². The minimum atomic E-state index is 1.15. The van der Waals surface area contributed by atoms with Crippen LogP contribution in [0.5, 0.6) is 0 Å². The summed E-state index contributed by atoms with van der Waals surface area (Å²) in [6.07, 6.45) is 6.79. The molecule has 2 rings (SSSR count). The van der Waals surface area contributed by atoms with Crippen LogP contribution >= 0.6 is 0 Å². The van der Waals surface area contributed by atoms with Gasteiger partial charge in [-0.15, -0.1) is 0 Å². The number of allylic oxidation sites excluding steroid dienone is 1. The summed E-state index contributed by atoms with van der Waals surface area (Å²) in [7, 11) is 0. The summed E-state index contributed by atoms with van der Waals surface area (Å²) < 4.78 is 0. The first-order valence-electron chi connectivity index (χ1n) is 6.22. The monoisotopic (exact) mass is 222 g/mol. The van der Waals surface area contributed by atoms with E-state index in [9.17, 15) is 0 Å². The van der Waals surface area contributed by atoms with E-state index in [0.29, 0.717) is 0 Å². The molecule has 0 nitrogen and oxygen atoms in total. The maximum absolute atomic E-state index is 2.23. The highest BCUT2D eigenvalue weighted by molar-refractivity contribution is 5.65. The number of hydrogen-bond acceptors (Lipinski definition) is 0. The van der Waals surface area contributed by atoms with Crippen LogP contribution in [0.25, 0.3) is 17.2 Å². The van der Waals surface area contributed by atoms with Gasteiger partial charge in [0.2, 0.25) is 0 Å². The van der Waals surface area contributed by atoms with Gasteiger partial charge < -0.3 is 0 Å². The molecule has 0 aliphatic rings. The molecule has 0 amide bonds. The fraction of sp³-hybridized carbons (Fsp3) is 0.176. The van der Waals surface area contributed by atoms with Crippen molar-refractivity contribution >= 4 is 6.08 Å². The Balaban J connectivity index is 2.13. The molecule has 0 N–H and O–H groups in total. The van der Waals surface area contributed by atoms with E-state index >= 15 is 0 Å². The van der Waals surface area contributed by atoms with Gasteiger partial charge in [-0.1, -0.05) is 80.1 Å². The number of rotatable bonds is 4. The van der Waals surface area contributed by atoms with Gasteiger partial charge in [0.1, 0.15) is 0 Å². The third-order valence-corrected chi connectivity index (χ3v) is 2.78. The summed E-state index contributed by atoms with van der Waals surface area (Å²) >= 11 is 0. The molecule has 0 unspecified atom stereocenters. The first kappa shape index (κ1) is 11.7. The van der Waals surface area contributed by atoms with E-state index in [1.165, 1.54) is 23.1 Å². The molecule has 17 heavy (non-hydrogen) atoms. The molecule has 0 spiro atoms. The molecular formula is C17H18. The fourth-order valence-corrected chi connectivity index (χ4v) is 1.80. The first-order chi connectivity index (χ1) is 8.40. The van der Waals surface area contributed by atoms with Crippen molar-refractivity contribution < 1.29 is 0 Å². The van der Waals surface area contributed by atoms with Crippen molar-refractivity contribution in [3.05, 3.63) is 66.2 Å². The molecule has 0 radical (unpaired) electrons. The Morgan fingerprint density at radius 2 is 1.47 bits per heavy atom. The van der Waals surface area contributed by atoms with Crippen molar-refractivity contribution in [1.82, 2.24) is 0 Å². The predicted octanol–water partition coefficient (Wildman–Crippen LogP) is 5.17. The van der Waals surface area contributed by atoms with Crippen LogP contribution in [0.4, 0.5) is 0 Å². The van der Waals surface area contributed by atoms with E-state index in [0.717, 1.165) is 6.42 Å². The standard InChI is InChI=1S/C17H18/c1-2-3-5-8-15-11-13-17(14-12-15)16-9-6-4-7-10-16/h4-14H,2-3H2,1H3/b8-5+. The van der Waals surface area contributed by atoms with Crippen LogP contribution in [0.1, 0.15) is 25.3 Å². The summed E-state index contributed by atoms with van der Waals surface area (Å²) in [5.41, 5.74) is 3.83. The molecule has 0 heterocycles. The zero-order chi connectivity index (χ0) is 11.9. The summed E-state index contributed by atoms with van der Waals surface area (Å²) in [6.45, 7) is 2.20. The Bertz CT molecular complexity index is 463. The Labute approximate surface area is 104 Å². The SMILES string of the molecule is CCC/C=C/c1ccc(-c2ccccc2)cc1. The maximum atomic E-state index is 2.23. The van der Waals surface area contributed by atoms with Crippen molar-refractivity contribution in [3.63, 3.8) is 0 Å². The number of benzene rings is 2. The zero-order valence-electron chi connectivity index (χ0n) is 10.3. The Morgan fingerprint density at radius 1 is 0.824 bits per heavy atom. The Hall–Kier alpha value is -1.82. The lowest BCUT2D eigenvalue weighted by atomic mass is 10.0. The van der Waals surface area contributed by atoms with Crippen LogP contribution in [0.2, 0.25) is 0 Å². The molecule has 0 saturated carbocycles. The van der Waals surface area contributed by atoms with Crippen LogP contribution in [0, 0.1) is 0 Å². The average Bonchev–Trinajstić information content (AvgIpc) is 2.41. The molecule has 0 fully saturated rings. The van der Waals surface area contributed by atoms with Crippen molar-refractivity contribution in [2.45, 2.75) is 19.8 Å². The lowest BCUT2D eigenvalue weighted by Crippen LogP contribution is -1.77. The quantitative estimate of drug-likeness (QED) is 0.669. The van der Waals surface area contributed by atoms with Gasteiger partial charge in [-0.05, 0) is 23.1 Å². The molecule has 0 aliphatic heterocycles. The average molecular weight is 222 g/mol. The van der Waals surface area contributed by atoms with Crippen LogP contribution < -0.4 is 0 Å². The second-order valence-electron chi connectivity index (χ2n) is 4.18. The second kappa shape index (κ2) is 6.05.